The number of piperazine rings is 1. The smallest absolute Gasteiger partial charge is 0.321 e. The monoisotopic (exact) mass is 362 g/mol. The molecule has 1 saturated heterocycles. The van der Waals surface area contributed by atoms with E-state index in [2.05, 4.69) is 61.3 Å². The molecule has 5 nitrogen and oxygen atoms in total. The Labute approximate surface area is 161 Å². The van der Waals surface area contributed by atoms with Gasteiger partial charge in [-0.15, -0.1) is 0 Å². The minimum atomic E-state index is -0.117. The Morgan fingerprint density at radius 3 is 2.41 bits per heavy atom. The summed E-state index contributed by atoms with van der Waals surface area (Å²) in [5, 5.41) is 11.9. The predicted molar refractivity (Wildman–Crippen MR) is 109 cm³/mol. The highest BCUT2D eigenvalue weighted by molar-refractivity contribution is 5.89. The van der Waals surface area contributed by atoms with Crippen LogP contribution in [0.3, 0.4) is 0 Å². The van der Waals surface area contributed by atoms with Gasteiger partial charge in [0.2, 0.25) is 0 Å². The first-order valence-corrected chi connectivity index (χ1v) is 9.29. The van der Waals surface area contributed by atoms with Gasteiger partial charge in [-0.2, -0.15) is 5.26 Å². The standard InChI is InChI=1S/C22H26N4O/c1-22(2,3)19-9-4-5-10-20(19)25-11-13-26(14-12-25)21(27)24-18-8-6-7-17(15-18)16-23/h4-10,15H,11-14H2,1-3H3,(H,24,27). The van der Waals surface area contributed by atoms with E-state index >= 15 is 0 Å². The molecule has 0 atom stereocenters. The molecule has 3 rings (SSSR count). The SMILES string of the molecule is CC(C)(C)c1ccccc1N1CCN(C(=O)Nc2cccc(C#N)c2)CC1. The van der Waals surface area contributed by atoms with Gasteiger partial charge in [0.1, 0.15) is 0 Å². The quantitative estimate of drug-likeness (QED) is 0.870. The molecule has 1 heterocycles. The van der Waals surface area contributed by atoms with Gasteiger partial charge in [0.05, 0.1) is 11.6 Å². The van der Waals surface area contributed by atoms with Crippen molar-refractivity contribution in [1.82, 2.24) is 4.90 Å². The number of para-hydroxylation sites is 1. The van der Waals surface area contributed by atoms with Crippen LogP contribution in [0.5, 0.6) is 0 Å². The van der Waals surface area contributed by atoms with Crippen LogP contribution in [-0.2, 0) is 5.41 Å². The first-order valence-electron chi connectivity index (χ1n) is 9.29. The van der Waals surface area contributed by atoms with Gasteiger partial charge in [0.15, 0.2) is 0 Å². The van der Waals surface area contributed by atoms with Gasteiger partial charge in [-0.1, -0.05) is 45.0 Å². The molecule has 1 aliphatic rings. The number of urea groups is 1. The molecule has 1 aliphatic heterocycles. The first-order chi connectivity index (χ1) is 12.9. The lowest BCUT2D eigenvalue weighted by Gasteiger charge is -2.38. The molecule has 0 aromatic heterocycles. The zero-order chi connectivity index (χ0) is 19.4. The zero-order valence-corrected chi connectivity index (χ0v) is 16.2. The molecule has 2 aromatic rings. The third-order valence-electron chi connectivity index (χ3n) is 4.86. The Kier molecular flexibility index (Phi) is 5.36. The zero-order valence-electron chi connectivity index (χ0n) is 16.2. The predicted octanol–water partition coefficient (Wildman–Crippen LogP) is 4.21. The largest absolute Gasteiger partial charge is 0.368 e. The van der Waals surface area contributed by atoms with Crippen LogP contribution in [0.4, 0.5) is 16.2 Å². The minimum Gasteiger partial charge on any atom is -0.368 e. The average molecular weight is 362 g/mol. The molecule has 2 amide bonds. The van der Waals surface area contributed by atoms with Gasteiger partial charge < -0.3 is 15.1 Å². The number of nitriles is 1. The molecule has 0 aliphatic carbocycles. The molecule has 0 spiro atoms. The third kappa shape index (κ3) is 4.40. The summed E-state index contributed by atoms with van der Waals surface area (Å²) in [5.74, 6) is 0. The lowest BCUT2D eigenvalue weighted by atomic mass is 9.85. The number of carbonyl (C=O) groups excluding carboxylic acids is 1. The van der Waals surface area contributed by atoms with Crippen molar-refractivity contribution < 1.29 is 4.79 Å². The van der Waals surface area contributed by atoms with E-state index in [0.29, 0.717) is 24.3 Å². The maximum atomic E-state index is 12.5. The van der Waals surface area contributed by atoms with Gasteiger partial charge in [0.25, 0.3) is 0 Å². The molecule has 2 aromatic carbocycles. The number of nitrogens with one attached hydrogen (secondary N) is 1. The molecule has 1 N–H and O–H groups in total. The van der Waals surface area contributed by atoms with Crippen molar-refractivity contribution in [3.05, 3.63) is 59.7 Å². The molecule has 0 unspecified atom stereocenters. The van der Waals surface area contributed by atoms with Crippen molar-refractivity contribution in [2.75, 3.05) is 36.4 Å². The van der Waals surface area contributed by atoms with E-state index < -0.39 is 0 Å². The fourth-order valence-electron chi connectivity index (χ4n) is 3.40. The summed E-state index contributed by atoms with van der Waals surface area (Å²) < 4.78 is 0. The fourth-order valence-corrected chi connectivity index (χ4v) is 3.40. The molecule has 1 fully saturated rings. The maximum Gasteiger partial charge on any atom is 0.321 e. The Morgan fingerprint density at radius 2 is 1.74 bits per heavy atom. The van der Waals surface area contributed by atoms with Crippen LogP contribution < -0.4 is 10.2 Å². The number of hydrogen-bond donors (Lipinski definition) is 1. The maximum absolute atomic E-state index is 12.5. The van der Waals surface area contributed by atoms with Crippen molar-refractivity contribution in [1.29, 1.82) is 5.26 Å². The Balaban J connectivity index is 1.64. The third-order valence-corrected chi connectivity index (χ3v) is 4.86. The summed E-state index contributed by atoms with van der Waals surface area (Å²) in [4.78, 5) is 16.7. The van der Waals surface area contributed by atoms with Crippen molar-refractivity contribution in [3.63, 3.8) is 0 Å². The number of benzene rings is 2. The Morgan fingerprint density at radius 1 is 1.04 bits per heavy atom. The second-order valence-electron chi connectivity index (χ2n) is 7.86. The first kappa shape index (κ1) is 18.8. The van der Waals surface area contributed by atoms with E-state index in [1.54, 1.807) is 24.3 Å². The van der Waals surface area contributed by atoms with Crippen molar-refractivity contribution in [3.8, 4) is 6.07 Å². The summed E-state index contributed by atoms with van der Waals surface area (Å²) >= 11 is 0. The normalized spacial score (nSPS) is 14.6. The Hall–Kier alpha value is -3.00. The number of carbonyl (C=O) groups is 1. The summed E-state index contributed by atoms with van der Waals surface area (Å²) in [5.41, 5.74) is 3.86. The van der Waals surface area contributed by atoms with E-state index in [4.69, 9.17) is 5.26 Å². The van der Waals surface area contributed by atoms with Crippen LogP contribution in [0.1, 0.15) is 31.9 Å². The van der Waals surface area contributed by atoms with Crippen LogP contribution in [0.25, 0.3) is 0 Å². The van der Waals surface area contributed by atoms with Crippen molar-refractivity contribution in [2.45, 2.75) is 26.2 Å². The van der Waals surface area contributed by atoms with Gasteiger partial charge >= 0.3 is 6.03 Å². The molecule has 0 saturated carbocycles. The van der Waals surface area contributed by atoms with E-state index in [0.717, 1.165) is 13.1 Å². The molecule has 0 radical (unpaired) electrons. The second-order valence-corrected chi connectivity index (χ2v) is 7.86. The van der Waals surface area contributed by atoms with E-state index in [9.17, 15) is 4.79 Å². The average Bonchev–Trinajstić information content (AvgIpc) is 2.67. The van der Waals surface area contributed by atoms with Crippen LogP contribution in [0.2, 0.25) is 0 Å². The van der Waals surface area contributed by atoms with Crippen LogP contribution >= 0.6 is 0 Å². The highest BCUT2D eigenvalue weighted by Gasteiger charge is 2.25. The van der Waals surface area contributed by atoms with Crippen molar-refractivity contribution >= 4 is 17.4 Å². The molecule has 27 heavy (non-hydrogen) atoms. The summed E-state index contributed by atoms with van der Waals surface area (Å²) in [7, 11) is 0. The van der Waals surface area contributed by atoms with Gasteiger partial charge in [-0.05, 0) is 35.2 Å². The number of amides is 2. The van der Waals surface area contributed by atoms with Crippen LogP contribution in [0, 0.1) is 11.3 Å². The molecule has 140 valence electrons. The lowest BCUT2D eigenvalue weighted by Crippen LogP contribution is -2.50. The molecule has 5 heteroatoms. The number of nitrogens with zero attached hydrogens (tertiary/aromatic N) is 3. The second kappa shape index (κ2) is 7.71. The fraction of sp³-hybridized carbons (Fsp3) is 0.364. The van der Waals surface area contributed by atoms with Gasteiger partial charge in [-0.25, -0.2) is 4.79 Å². The highest BCUT2D eigenvalue weighted by Crippen LogP contribution is 2.32. The Bertz CT molecular complexity index is 855. The summed E-state index contributed by atoms with van der Waals surface area (Å²) in [6, 6.07) is 17.5. The van der Waals surface area contributed by atoms with Crippen molar-refractivity contribution in [2.24, 2.45) is 0 Å². The van der Waals surface area contributed by atoms with E-state index in [-0.39, 0.29) is 11.4 Å². The summed E-state index contributed by atoms with van der Waals surface area (Å²) in [6.07, 6.45) is 0. The topological polar surface area (TPSA) is 59.4 Å². The van der Waals surface area contributed by atoms with Gasteiger partial charge in [-0.3, -0.25) is 0 Å². The van der Waals surface area contributed by atoms with E-state index in [1.165, 1.54) is 11.3 Å². The highest BCUT2D eigenvalue weighted by atomic mass is 16.2. The van der Waals surface area contributed by atoms with Crippen LogP contribution in [-0.4, -0.2) is 37.1 Å². The number of anilines is 2. The number of rotatable bonds is 2. The number of hydrogen-bond acceptors (Lipinski definition) is 3. The van der Waals surface area contributed by atoms with Gasteiger partial charge in [0, 0.05) is 37.6 Å². The lowest BCUT2D eigenvalue weighted by molar-refractivity contribution is 0.208. The summed E-state index contributed by atoms with van der Waals surface area (Å²) in [6.45, 7) is 9.63. The van der Waals surface area contributed by atoms with Crippen LogP contribution in [0.15, 0.2) is 48.5 Å². The molecular formula is C22H26N4O. The van der Waals surface area contributed by atoms with E-state index in [1.807, 2.05) is 4.90 Å². The molecular weight excluding hydrogens is 336 g/mol. The minimum absolute atomic E-state index is 0.0802. The molecule has 0 bridgehead atoms.